The second-order valence-corrected chi connectivity index (χ2v) is 4.56. The topological polar surface area (TPSA) is 38.3 Å². The lowest BCUT2D eigenvalue weighted by Crippen LogP contribution is -2.29. The molecule has 1 atom stereocenters. The van der Waals surface area contributed by atoms with Gasteiger partial charge in [-0.3, -0.25) is 0 Å². The van der Waals surface area contributed by atoms with Crippen LogP contribution in [-0.4, -0.2) is 6.09 Å². The van der Waals surface area contributed by atoms with E-state index in [0.29, 0.717) is 10.8 Å². The van der Waals surface area contributed by atoms with Crippen LogP contribution in [0.4, 0.5) is 4.79 Å². The number of para-hydroxylation sites is 1. The summed E-state index contributed by atoms with van der Waals surface area (Å²) in [7, 11) is 0. The Kier molecular flexibility index (Phi) is 4.42. The highest BCUT2D eigenvalue weighted by molar-refractivity contribution is 6.30. The van der Waals surface area contributed by atoms with Crippen LogP contribution in [0, 0.1) is 0 Å². The number of carbonyl (C=O) groups excluding carboxylic acids is 1. The van der Waals surface area contributed by atoms with Gasteiger partial charge >= 0.3 is 6.09 Å². The summed E-state index contributed by atoms with van der Waals surface area (Å²) in [4.78, 5) is 11.7. The van der Waals surface area contributed by atoms with Crippen LogP contribution in [0.2, 0.25) is 5.02 Å². The number of hydrogen-bond acceptors (Lipinski definition) is 2. The third-order valence-corrected chi connectivity index (χ3v) is 2.87. The van der Waals surface area contributed by atoms with Crippen LogP contribution >= 0.6 is 11.6 Å². The monoisotopic (exact) mass is 275 g/mol. The molecule has 0 unspecified atom stereocenters. The van der Waals surface area contributed by atoms with Crippen molar-refractivity contribution in [2.75, 3.05) is 0 Å². The lowest BCUT2D eigenvalue weighted by Gasteiger charge is -2.14. The Hall–Kier alpha value is -2.00. The van der Waals surface area contributed by atoms with Gasteiger partial charge in [0.05, 0.1) is 6.04 Å². The van der Waals surface area contributed by atoms with Gasteiger partial charge in [-0.25, -0.2) is 4.79 Å². The molecule has 1 N–H and O–H groups in total. The van der Waals surface area contributed by atoms with E-state index in [4.69, 9.17) is 16.3 Å². The van der Waals surface area contributed by atoms with E-state index in [-0.39, 0.29) is 6.04 Å². The molecule has 2 aromatic carbocycles. The smallest absolute Gasteiger partial charge is 0.410 e. The van der Waals surface area contributed by atoms with Crippen molar-refractivity contribution in [1.29, 1.82) is 0 Å². The first-order valence-corrected chi connectivity index (χ1v) is 6.32. The van der Waals surface area contributed by atoms with Crippen molar-refractivity contribution in [3.8, 4) is 5.75 Å². The third kappa shape index (κ3) is 4.00. The van der Waals surface area contributed by atoms with Crippen LogP contribution in [0.5, 0.6) is 5.75 Å². The first kappa shape index (κ1) is 13.4. The Morgan fingerprint density at radius 2 is 1.89 bits per heavy atom. The summed E-state index contributed by atoms with van der Waals surface area (Å²) >= 11 is 5.91. The van der Waals surface area contributed by atoms with Gasteiger partial charge in [-0.15, -0.1) is 0 Å². The predicted molar refractivity (Wildman–Crippen MR) is 75.5 cm³/mol. The van der Waals surface area contributed by atoms with Crippen LogP contribution in [-0.2, 0) is 0 Å². The van der Waals surface area contributed by atoms with Crippen LogP contribution in [0.15, 0.2) is 54.6 Å². The molecule has 0 heterocycles. The van der Waals surface area contributed by atoms with Crippen LogP contribution in [0.25, 0.3) is 0 Å². The second kappa shape index (κ2) is 6.25. The second-order valence-electron chi connectivity index (χ2n) is 4.12. The maximum Gasteiger partial charge on any atom is 0.413 e. The number of ether oxygens (including phenoxy) is 1. The van der Waals surface area contributed by atoms with Crippen molar-refractivity contribution in [2.45, 2.75) is 13.0 Å². The van der Waals surface area contributed by atoms with Gasteiger partial charge in [0.15, 0.2) is 0 Å². The van der Waals surface area contributed by atoms with E-state index < -0.39 is 6.09 Å². The van der Waals surface area contributed by atoms with Gasteiger partial charge in [-0.2, -0.15) is 0 Å². The minimum Gasteiger partial charge on any atom is -0.410 e. The highest BCUT2D eigenvalue weighted by Crippen LogP contribution is 2.17. The Balaban J connectivity index is 1.95. The summed E-state index contributed by atoms with van der Waals surface area (Å²) in [6, 6.07) is 16.1. The molecule has 0 fully saturated rings. The largest absolute Gasteiger partial charge is 0.413 e. The number of amides is 1. The zero-order valence-electron chi connectivity index (χ0n) is 10.5. The predicted octanol–water partition coefficient (Wildman–Crippen LogP) is 4.19. The molecule has 0 aromatic heterocycles. The molecular formula is C15H14ClNO2. The molecular weight excluding hydrogens is 262 g/mol. The van der Waals surface area contributed by atoms with Gasteiger partial charge in [0.25, 0.3) is 0 Å². The summed E-state index contributed by atoms with van der Waals surface area (Å²) in [5.41, 5.74) is 0.928. The number of carbonyl (C=O) groups is 1. The molecule has 3 nitrogen and oxygen atoms in total. The van der Waals surface area contributed by atoms with Crippen molar-refractivity contribution in [2.24, 2.45) is 0 Å². The molecule has 0 radical (unpaired) electrons. The zero-order valence-corrected chi connectivity index (χ0v) is 11.2. The minimum absolute atomic E-state index is 0.171. The summed E-state index contributed by atoms with van der Waals surface area (Å²) in [6.45, 7) is 1.87. The summed E-state index contributed by atoms with van der Waals surface area (Å²) in [6.07, 6.45) is -0.487. The van der Waals surface area contributed by atoms with Crippen molar-refractivity contribution < 1.29 is 9.53 Å². The first-order chi connectivity index (χ1) is 9.15. The molecule has 4 heteroatoms. The third-order valence-electron chi connectivity index (χ3n) is 2.64. The van der Waals surface area contributed by atoms with Gasteiger partial charge in [0.1, 0.15) is 5.75 Å². The molecule has 0 spiro atoms. The minimum atomic E-state index is -0.487. The number of benzene rings is 2. The number of hydrogen-bond donors (Lipinski definition) is 1. The molecule has 2 aromatic rings. The van der Waals surface area contributed by atoms with Crippen molar-refractivity contribution >= 4 is 17.7 Å². The van der Waals surface area contributed by atoms with Crippen LogP contribution in [0.3, 0.4) is 0 Å². The molecule has 2 rings (SSSR count). The molecule has 0 saturated carbocycles. The molecule has 0 aliphatic heterocycles. The quantitative estimate of drug-likeness (QED) is 0.912. The van der Waals surface area contributed by atoms with E-state index in [9.17, 15) is 4.79 Å². The number of halogens is 1. The molecule has 98 valence electrons. The summed E-state index contributed by atoms with van der Waals surface area (Å²) in [5, 5.41) is 3.39. The van der Waals surface area contributed by atoms with Crippen molar-refractivity contribution in [1.82, 2.24) is 5.32 Å². The molecule has 0 bridgehead atoms. The highest BCUT2D eigenvalue weighted by Gasteiger charge is 2.11. The van der Waals surface area contributed by atoms with Gasteiger partial charge < -0.3 is 10.1 Å². The van der Waals surface area contributed by atoms with Gasteiger partial charge in [0.2, 0.25) is 0 Å². The van der Waals surface area contributed by atoms with E-state index in [1.165, 1.54) is 0 Å². The van der Waals surface area contributed by atoms with E-state index in [0.717, 1.165) is 5.56 Å². The zero-order chi connectivity index (χ0) is 13.7. The van der Waals surface area contributed by atoms with E-state index in [1.54, 1.807) is 18.2 Å². The van der Waals surface area contributed by atoms with Gasteiger partial charge in [-0.05, 0) is 36.8 Å². The summed E-state index contributed by atoms with van der Waals surface area (Å²) in [5.74, 6) is 0.512. The lowest BCUT2D eigenvalue weighted by atomic mass is 10.1. The lowest BCUT2D eigenvalue weighted by molar-refractivity contribution is 0.197. The van der Waals surface area contributed by atoms with Crippen molar-refractivity contribution in [3.63, 3.8) is 0 Å². The molecule has 0 aliphatic carbocycles. The van der Waals surface area contributed by atoms with Crippen molar-refractivity contribution in [3.05, 3.63) is 65.2 Å². The fourth-order valence-corrected chi connectivity index (χ4v) is 1.86. The Morgan fingerprint density at radius 3 is 2.58 bits per heavy atom. The number of nitrogens with one attached hydrogen (secondary N) is 1. The van der Waals surface area contributed by atoms with Crippen LogP contribution < -0.4 is 10.1 Å². The average molecular weight is 276 g/mol. The molecule has 19 heavy (non-hydrogen) atoms. The van der Waals surface area contributed by atoms with E-state index in [2.05, 4.69) is 5.32 Å². The highest BCUT2D eigenvalue weighted by atomic mass is 35.5. The number of rotatable bonds is 3. The molecule has 0 saturated heterocycles. The fraction of sp³-hybridized carbons (Fsp3) is 0.133. The standard InChI is InChI=1S/C15H14ClNO2/c1-11(12-6-5-7-13(16)10-12)17-15(18)19-14-8-3-2-4-9-14/h2-11H,1H3,(H,17,18)/t11-/m0/s1. The van der Waals surface area contributed by atoms with Crippen LogP contribution in [0.1, 0.15) is 18.5 Å². The maximum absolute atomic E-state index is 11.7. The normalized spacial score (nSPS) is 11.7. The fourth-order valence-electron chi connectivity index (χ4n) is 1.66. The van der Waals surface area contributed by atoms with E-state index in [1.807, 2.05) is 43.3 Å². The Bertz CT molecular complexity index is 557. The molecule has 1 amide bonds. The van der Waals surface area contributed by atoms with E-state index >= 15 is 0 Å². The summed E-state index contributed by atoms with van der Waals surface area (Å²) < 4.78 is 5.15. The Morgan fingerprint density at radius 1 is 1.16 bits per heavy atom. The van der Waals surface area contributed by atoms with Gasteiger partial charge in [0, 0.05) is 5.02 Å². The average Bonchev–Trinajstić information content (AvgIpc) is 2.39. The first-order valence-electron chi connectivity index (χ1n) is 5.94. The SMILES string of the molecule is C[C@H](NC(=O)Oc1ccccc1)c1cccc(Cl)c1. The maximum atomic E-state index is 11.7. The Labute approximate surface area is 117 Å². The molecule has 0 aliphatic rings. The van der Waals surface area contributed by atoms with Gasteiger partial charge in [-0.1, -0.05) is 41.9 Å².